The summed E-state index contributed by atoms with van der Waals surface area (Å²) >= 11 is 6.01. The molecule has 4 nitrogen and oxygen atoms in total. The van der Waals surface area contributed by atoms with E-state index in [9.17, 15) is 0 Å². The van der Waals surface area contributed by atoms with Gasteiger partial charge in [0.05, 0.1) is 6.54 Å². The topological polar surface area (TPSA) is 34.0 Å². The van der Waals surface area contributed by atoms with Crippen molar-refractivity contribution in [1.29, 1.82) is 0 Å². The standard InChI is InChI=1S/C15H19ClN4/c1-2-3-13-8-12(10-16)9-14(18-13)20-7-6-19-5-4-17-15(19)11-20/h4-5,8-9H,2-3,6-7,10-11H2,1H3. The van der Waals surface area contributed by atoms with Gasteiger partial charge in [0, 0.05) is 37.1 Å². The first-order valence-corrected chi connectivity index (χ1v) is 7.64. The lowest BCUT2D eigenvalue weighted by Crippen LogP contribution is -2.34. The van der Waals surface area contributed by atoms with E-state index in [1.165, 1.54) is 0 Å². The van der Waals surface area contributed by atoms with Crippen LogP contribution in [0.3, 0.4) is 0 Å². The summed E-state index contributed by atoms with van der Waals surface area (Å²) in [6, 6.07) is 4.22. The Balaban J connectivity index is 1.88. The molecule has 2 aromatic heterocycles. The van der Waals surface area contributed by atoms with E-state index in [1.54, 1.807) is 0 Å². The van der Waals surface area contributed by atoms with Crippen LogP contribution in [-0.4, -0.2) is 21.1 Å². The molecule has 0 amide bonds. The number of pyridine rings is 1. The molecule has 0 fully saturated rings. The van der Waals surface area contributed by atoms with Gasteiger partial charge in [0.1, 0.15) is 11.6 Å². The Bertz CT molecular complexity index is 593. The molecule has 3 rings (SSSR count). The number of hydrogen-bond donors (Lipinski definition) is 0. The maximum absolute atomic E-state index is 6.01. The Kier molecular flexibility index (Phi) is 3.92. The largest absolute Gasteiger partial charge is 0.347 e. The van der Waals surface area contributed by atoms with E-state index in [1.807, 2.05) is 12.4 Å². The fraction of sp³-hybridized carbons (Fsp3) is 0.467. The summed E-state index contributed by atoms with van der Waals surface area (Å²) in [4.78, 5) is 11.5. The van der Waals surface area contributed by atoms with Gasteiger partial charge in [0.15, 0.2) is 0 Å². The van der Waals surface area contributed by atoms with Gasteiger partial charge in [-0.2, -0.15) is 0 Å². The van der Waals surface area contributed by atoms with Gasteiger partial charge in [-0.3, -0.25) is 0 Å². The van der Waals surface area contributed by atoms with Crippen LogP contribution in [0.1, 0.15) is 30.4 Å². The minimum Gasteiger partial charge on any atom is -0.347 e. The van der Waals surface area contributed by atoms with E-state index < -0.39 is 0 Å². The second-order valence-corrected chi connectivity index (χ2v) is 5.43. The summed E-state index contributed by atoms with van der Waals surface area (Å²) in [5, 5.41) is 0. The van der Waals surface area contributed by atoms with Crippen LogP contribution in [0.15, 0.2) is 24.5 Å². The zero-order chi connectivity index (χ0) is 13.9. The fourth-order valence-electron chi connectivity index (χ4n) is 2.63. The summed E-state index contributed by atoms with van der Waals surface area (Å²) in [7, 11) is 0. The molecule has 0 saturated carbocycles. The van der Waals surface area contributed by atoms with Crippen molar-refractivity contribution in [3.05, 3.63) is 41.6 Å². The van der Waals surface area contributed by atoms with Crippen LogP contribution in [0.25, 0.3) is 0 Å². The summed E-state index contributed by atoms with van der Waals surface area (Å²) in [6.07, 6.45) is 6.00. The third-order valence-corrected chi connectivity index (χ3v) is 3.96. The van der Waals surface area contributed by atoms with Gasteiger partial charge in [-0.05, 0) is 24.1 Å². The number of halogens is 1. The second kappa shape index (κ2) is 5.83. The summed E-state index contributed by atoms with van der Waals surface area (Å²) in [5.74, 6) is 2.67. The minimum absolute atomic E-state index is 0.536. The first-order chi connectivity index (χ1) is 9.80. The lowest BCUT2D eigenvalue weighted by molar-refractivity contribution is 0.555. The van der Waals surface area contributed by atoms with Crippen LogP contribution in [0, 0.1) is 0 Å². The highest BCUT2D eigenvalue weighted by atomic mass is 35.5. The Morgan fingerprint density at radius 2 is 2.20 bits per heavy atom. The van der Waals surface area contributed by atoms with Gasteiger partial charge in [-0.15, -0.1) is 11.6 Å². The monoisotopic (exact) mass is 290 g/mol. The number of aromatic nitrogens is 3. The molecule has 0 saturated heterocycles. The molecule has 0 aromatic carbocycles. The first-order valence-electron chi connectivity index (χ1n) is 7.11. The molecule has 0 N–H and O–H groups in total. The Hall–Kier alpha value is -1.55. The third kappa shape index (κ3) is 2.66. The van der Waals surface area contributed by atoms with Crippen LogP contribution >= 0.6 is 11.6 Å². The second-order valence-electron chi connectivity index (χ2n) is 5.17. The maximum atomic E-state index is 6.01. The lowest BCUT2D eigenvalue weighted by atomic mass is 10.1. The summed E-state index contributed by atoms with van der Waals surface area (Å²) in [6.45, 7) is 4.92. The molecular formula is C15H19ClN4. The van der Waals surface area contributed by atoms with Crippen molar-refractivity contribution in [1.82, 2.24) is 14.5 Å². The molecule has 2 aromatic rings. The van der Waals surface area contributed by atoms with E-state index in [0.29, 0.717) is 5.88 Å². The third-order valence-electron chi connectivity index (χ3n) is 3.65. The number of anilines is 1. The summed E-state index contributed by atoms with van der Waals surface area (Å²) < 4.78 is 2.20. The highest BCUT2D eigenvalue weighted by Crippen LogP contribution is 2.21. The predicted molar refractivity (Wildman–Crippen MR) is 81.1 cm³/mol. The van der Waals surface area contributed by atoms with E-state index in [0.717, 1.165) is 55.4 Å². The van der Waals surface area contributed by atoms with Crippen LogP contribution in [0.5, 0.6) is 0 Å². The quantitative estimate of drug-likeness (QED) is 0.812. The average Bonchev–Trinajstić information content (AvgIpc) is 2.94. The SMILES string of the molecule is CCCc1cc(CCl)cc(N2CCn3ccnc3C2)n1. The maximum Gasteiger partial charge on any atom is 0.129 e. The molecule has 0 bridgehead atoms. The molecular weight excluding hydrogens is 272 g/mol. The van der Waals surface area contributed by atoms with E-state index >= 15 is 0 Å². The molecule has 0 spiro atoms. The first kappa shape index (κ1) is 13.4. The molecule has 1 aliphatic rings. The molecule has 3 heterocycles. The number of aryl methyl sites for hydroxylation is 1. The smallest absolute Gasteiger partial charge is 0.129 e. The summed E-state index contributed by atoms with van der Waals surface area (Å²) in [5.41, 5.74) is 2.28. The van der Waals surface area contributed by atoms with Gasteiger partial charge in [-0.1, -0.05) is 13.3 Å². The van der Waals surface area contributed by atoms with Crippen LogP contribution in [0.4, 0.5) is 5.82 Å². The van der Waals surface area contributed by atoms with Gasteiger partial charge in [0.25, 0.3) is 0 Å². The average molecular weight is 291 g/mol. The zero-order valence-electron chi connectivity index (χ0n) is 11.7. The number of fused-ring (bicyclic) bond motifs is 1. The lowest BCUT2D eigenvalue weighted by Gasteiger charge is -2.29. The van der Waals surface area contributed by atoms with Gasteiger partial charge in [0.2, 0.25) is 0 Å². The van der Waals surface area contributed by atoms with Crippen LogP contribution in [-0.2, 0) is 25.4 Å². The van der Waals surface area contributed by atoms with Gasteiger partial charge < -0.3 is 9.47 Å². The fourth-order valence-corrected chi connectivity index (χ4v) is 2.78. The highest BCUT2D eigenvalue weighted by Gasteiger charge is 2.18. The molecule has 0 aliphatic carbocycles. The molecule has 1 aliphatic heterocycles. The van der Waals surface area contributed by atoms with Gasteiger partial charge >= 0.3 is 0 Å². The van der Waals surface area contributed by atoms with Crippen molar-refractivity contribution in [2.45, 2.75) is 38.7 Å². The van der Waals surface area contributed by atoms with Crippen molar-refractivity contribution >= 4 is 17.4 Å². The predicted octanol–water partition coefficient (Wildman–Crippen LogP) is 2.99. The zero-order valence-corrected chi connectivity index (χ0v) is 12.5. The molecule has 5 heteroatoms. The molecule has 0 radical (unpaired) electrons. The molecule has 0 atom stereocenters. The number of alkyl halides is 1. The van der Waals surface area contributed by atoms with E-state index in [4.69, 9.17) is 16.6 Å². The van der Waals surface area contributed by atoms with E-state index in [-0.39, 0.29) is 0 Å². The molecule has 20 heavy (non-hydrogen) atoms. The Labute approximate surface area is 124 Å². The van der Waals surface area contributed by atoms with Crippen molar-refractivity contribution in [2.75, 3.05) is 11.4 Å². The normalized spacial score (nSPS) is 14.4. The molecule has 106 valence electrons. The number of rotatable bonds is 4. The number of imidazole rings is 1. The number of nitrogens with zero attached hydrogens (tertiary/aromatic N) is 4. The van der Waals surface area contributed by atoms with Crippen molar-refractivity contribution in [3.63, 3.8) is 0 Å². The van der Waals surface area contributed by atoms with Crippen molar-refractivity contribution in [2.24, 2.45) is 0 Å². The van der Waals surface area contributed by atoms with Crippen molar-refractivity contribution in [3.8, 4) is 0 Å². The van der Waals surface area contributed by atoms with E-state index in [2.05, 4.69) is 33.5 Å². The van der Waals surface area contributed by atoms with Crippen molar-refractivity contribution < 1.29 is 0 Å². The molecule has 0 unspecified atom stereocenters. The Morgan fingerprint density at radius 3 is 3.00 bits per heavy atom. The van der Waals surface area contributed by atoms with Crippen LogP contribution < -0.4 is 4.90 Å². The minimum atomic E-state index is 0.536. The highest BCUT2D eigenvalue weighted by molar-refractivity contribution is 6.17. The van der Waals surface area contributed by atoms with Gasteiger partial charge in [-0.25, -0.2) is 9.97 Å². The van der Waals surface area contributed by atoms with Crippen LogP contribution in [0.2, 0.25) is 0 Å². The Morgan fingerprint density at radius 1 is 1.30 bits per heavy atom. The number of hydrogen-bond acceptors (Lipinski definition) is 3.